The van der Waals surface area contributed by atoms with Gasteiger partial charge in [0, 0.05) is 17.3 Å². The van der Waals surface area contributed by atoms with Crippen molar-refractivity contribution in [2.24, 2.45) is 5.92 Å². The second-order valence-corrected chi connectivity index (χ2v) is 6.60. The largest absolute Gasteiger partial charge is 0.344 e. The van der Waals surface area contributed by atoms with Crippen molar-refractivity contribution in [2.45, 2.75) is 19.9 Å². The van der Waals surface area contributed by atoms with E-state index in [1.54, 1.807) is 35.7 Å². The Morgan fingerprint density at radius 1 is 1.26 bits per heavy atom. The fourth-order valence-electron chi connectivity index (χ4n) is 2.44. The van der Waals surface area contributed by atoms with Crippen molar-refractivity contribution in [1.82, 2.24) is 14.7 Å². The first-order chi connectivity index (χ1) is 11.1. The van der Waals surface area contributed by atoms with Crippen LogP contribution in [0.2, 0.25) is 0 Å². The van der Waals surface area contributed by atoms with Crippen molar-refractivity contribution < 1.29 is 4.79 Å². The molecule has 3 aromatic heterocycles. The first kappa shape index (κ1) is 15.4. The van der Waals surface area contributed by atoms with Gasteiger partial charge in [-0.15, -0.1) is 11.3 Å². The van der Waals surface area contributed by atoms with Gasteiger partial charge in [-0.25, -0.2) is 4.98 Å². The number of aromatic nitrogens is 2. The number of carbonyl (C=O) groups excluding carboxylic acids is 1. The molecule has 3 rings (SSSR count). The van der Waals surface area contributed by atoms with Crippen LogP contribution in [0.5, 0.6) is 0 Å². The molecule has 0 spiro atoms. The van der Waals surface area contributed by atoms with Gasteiger partial charge in [-0.3, -0.25) is 14.0 Å². The third-order valence-corrected chi connectivity index (χ3v) is 4.62. The van der Waals surface area contributed by atoms with Crippen LogP contribution in [0.15, 0.2) is 52.9 Å². The number of nitrogens with zero attached hydrogens (tertiary/aromatic N) is 2. The Hall–Kier alpha value is -2.47. The topological polar surface area (TPSA) is 63.5 Å². The molecule has 6 heteroatoms. The number of hydrogen-bond acceptors (Lipinski definition) is 4. The van der Waals surface area contributed by atoms with Crippen LogP contribution < -0.4 is 10.9 Å². The van der Waals surface area contributed by atoms with E-state index in [2.05, 4.69) is 10.3 Å². The Balaban J connectivity index is 1.94. The molecule has 0 aromatic carbocycles. The lowest BCUT2D eigenvalue weighted by Gasteiger charge is -2.21. The first-order valence-electron chi connectivity index (χ1n) is 7.38. The molecule has 3 aromatic rings. The third kappa shape index (κ3) is 3.03. The van der Waals surface area contributed by atoms with E-state index < -0.39 is 5.91 Å². The summed E-state index contributed by atoms with van der Waals surface area (Å²) < 4.78 is 1.38. The van der Waals surface area contributed by atoms with Gasteiger partial charge in [0.25, 0.3) is 11.5 Å². The van der Waals surface area contributed by atoms with Crippen molar-refractivity contribution in [1.29, 1.82) is 0 Å². The normalized spacial score (nSPS) is 12.5. The molecular formula is C17H17N3O2S. The summed E-state index contributed by atoms with van der Waals surface area (Å²) in [6.07, 6.45) is 2.96. The van der Waals surface area contributed by atoms with E-state index in [4.69, 9.17) is 0 Å². The average Bonchev–Trinajstić information content (AvgIpc) is 3.06. The van der Waals surface area contributed by atoms with Crippen molar-refractivity contribution in [3.05, 3.63) is 68.9 Å². The highest BCUT2D eigenvalue weighted by atomic mass is 32.1. The summed E-state index contributed by atoms with van der Waals surface area (Å²) in [4.78, 5) is 30.3. The number of pyridine rings is 1. The van der Waals surface area contributed by atoms with Gasteiger partial charge in [-0.1, -0.05) is 26.0 Å². The lowest BCUT2D eigenvalue weighted by molar-refractivity contribution is 0.0924. The number of rotatable bonds is 4. The Kier molecular flexibility index (Phi) is 4.25. The van der Waals surface area contributed by atoms with Crippen molar-refractivity contribution >= 4 is 22.9 Å². The summed E-state index contributed by atoms with van der Waals surface area (Å²) in [5.41, 5.74) is 0.213. The molecular weight excluding hydrogens is 310 g/mol. The number of hydrogen-bond donors (Lipinski definition) is 1. The van der Waals surface area contributed by atoms with Crippen LogP contribution in [0, 0.1) is 5.92 Å². The minimum Gasteiger partial charge on any atom is -0.344 e. The molecule has 0 unspecified atom stereocenters. The number of carbonyl (C=O) groups is 1. The van der Waals surface area contributed by atoms with Crippen LogP contribution >= 0.6 is 11.3 Å². The zero-order valence-electron chi connectivity index (χ0n) is 12.9. The summed E-state index contributed by atoms with van der Waals surface area (Å²) in [5.74, 6) is -0.179. The van der Waals surface area contributed by atoms with E-state index in [0.717, 1.165) is 4.88 Å². The molecule has 3 heterocycles. The van der Waals surface area contributed by atoms with E-state index in [1.807, 2.05) is 31.4 Å². The molecule has 0 aliphatic heterocycles. The van der Waals surface area contributed by atoms with E-state index in [0.29, 0.717) is 5.65 Å². The summed E-state index contributed by atoms with van der Waals surface area (Å²) in [5, 5.41) is 4.93. The van der Waals surface area contributed by atoms with Gasteiger partial charge in [0.15, 0.2) is 0 Å². The predicted molar refractivity (Wildman–Crippen MR) is 90.8 cm³/mol. The Bertz CT molecular complexity index is 884. The third-order valence-electron chi connectivity index (χ3n) is 3.66. The first-order valence-corrected chi connectivity index (χ1v) is 8.26. The van der Waals surface area contributed by atoms with Crippen LogP contribution in [0.1, 0.15) is 35.1 Å². The van der Waals surface area contributed by atoms with Crippen LogP contribution in [0.4, 0.5) is 0 Å². The second-order valence-electron chi connectivity index (χ2n) is 5.62. The maximum absolute atomic E-state index is 12.6. The standard InChI is InChI=1S/C17H17N3O2S/c1-11(2)15(13-6-5-9-23-13)19-16(21)12-10-18-14-7-3-4-8-20(14)17(12)22/h3-11,15H,1-2H3,(H,19,21)/t15-/m0/s1. The zero-order chi connectivity index (χ0) is 16.4. The van der Waals surface area contributed by atoms with Crippen LogP contribution in [0.3, 0.4) is 0 Å². The molecule has 0 saturated heterocycles. The summed E-state index contributed by atoms with van der Waals surface area (Å²) in [6, 6.07) is 9.08. The van der Waals surface area contributed by atoms with Crippen LogP contribution in [0.25, 0.3) is 5.65 Å². The second kappa shape index (κ2) is 6.34. The monoisotopic (exact) mass is 327 g/mol. The molecule has 0 aliphatic carbocycles. The van der Waals surface area contributed by atoms with E-state index in [1.165, 1.54) is 10.6 Å². The van der Waals surface area contributed by atoms with Crippen molar-refractivity contribution in [3.63, 3.8) is 0 Å². The minimum absolute atomic E-state index is 0.0518. The fraction of sp³-hybridized carbons (Fsp3) is 0.235. The van der Waals surface area contributed by atoms with Gasteiger partial charge in [0.1, 0.15) is 11.2 Å². The summed E-state index contributed by atoms with van der Waals surface area (Å²) in [6.45, 7) is 4.08. The number of amides is 1. The average molecular weight is 327 g/mol. The van der Waals surface area contributed by atoms with Gasteiger partial charge in [0.05, 0.1) is 6.04 Å². The number of thiophene rings is 1. The highest BCUT2D eigenvalue weighted by Crippen LogP contribution is 2.25. The Labute approximate surface area is 137 Å². The van der Waals surface area contributed by atoms with E-state index >= 15 is 0 Å². The molecule has 0 aliphatic rings. The van der Waals surface area contributed by atoms with Gasteiger partial charge in [-0.05, 0) is 29.5 Å². The lowest BCUT2D eigenvalue weighted by atomic mass is 10.0. The van der Waals surface area contributed by atoms with Gasteiger partial charge < -0.3 is 5.32 Å². The SMILES string of the molecule is CC(C)[C@H](NC(=O)c1cnc2ccccn2c1=O)c1cccs1. The quantitative estimate of drug-likeness (QED) is 0.801. The molecule has 0 radical (unpaired) electrons. The smallest absolute Gasteiger partial charge is 0.270 e. The van der Waals surface area contributed by atoms with Crippen molar-refractivity contribution in [2.75, 3.05) is 0 Å². The van der Waals surface area contributed by atoms with Gasteiger partial charge in [-0.2, -0.15) is 0 Å². The lowest BCUT2D eigenvalue weighted by Crippen LogP contribution is -2.35. The van der Waals surface area contributed by atoms with E-state index in [-0.39, 0.29) is 23.1 Å². The summed E-state index contributed by atoms with van der Waals surface area (Å²) >= 11 is 1.59. The molecule has 0 bridgehead atoms. The Morgan fingerprint density at radius 2 is 2.09 bits per heavy atom. The molecule has 0 saturated carbocycles. The maximum atomic E-state index is 12.6. The highest BCUT2D eigenvalue weighted by Gasteiger charge is 2.22. The van der Waals surface area contributed by atoms with Crippen LogP contribution in [-0.2, 0) is 0 Å². The predicted octanol–water partition coefficient (Wildman–Crippen LogP) is 2.88. The maximum Gasteiger partial charge on any atom is 0.270 e. The van der Waals surface area contributed by atoms with Gasteiger partial charge in [0.2, 0.25) is 0 Å². The van der Waals surface area contributed by atoms with Crippen LogP contribution in [-0.4, -0.2) is 15.3 Å². The van der Waals surface area contributed by atoms with E-state index in [9.17, 15) is 9.59 Å². The minimum atomic E-state index is -0.396. The van der Waals surface area contributed by atoms with Crippen molar-refractivity contribution in [3.8, 4) is 0 Å². The molecule has 5 nitrogen and oxygen atoms in total. The van der Waals surface area contributed by atoms with Gasteiger partial charge >= 0.3 is 0 Å². The molecule has 0 fully saturated rings. The summed E-state index contributed by atoms with van der Waals surface area (Å²) in [7, 11) is 0. The zero-order valence-corrected chi connectivity index (χ0v) is 13.7. The highest BCUT2D eigenvalue weighted by molar-refractivity contribution is 7.10. The molecule has 23 heavy (non-hydrogen) atoms. The Morgan fingerprint density at radius 3 is 2.78 bits per heavy atom. The molecule has 1 N–H and O–H groups in total. The fourth-order valence-corrected chi connectivity index (χ4v) is 3.39. The molecule has 118 valence electrons. The molecule has 1 amide bonds. The molecule has 1 atom stereocenters. The number of fused-ring (bicyclic) bond motifs is 1. The number of nitrogens with one attached hydrogen (secondary N) is 1.